The van der Waals surface area contributed by atoms with E-state index >= 15 is 0 Å². The third-order valence-electron chi connectivity index (χ3n) is 6.09. The first kappa shape index (κ1) is 20.4. The lowest BCUT2D eigenvalue weighted by molar-refractivity contribution is 0.0718. The van der Waals surface area contributed by atoms with Crippen LogP contribution in [0.4, 0.5) is 0 Å². The molecule has 1 amide bonds. The summed E-state index contributed by atoms with van der Waals surface area (Å²) in [6.07, 6.45) is 8.96. The summed E-state index contributed by atoms with van der Waals surface area (Å²) in [6, 6.07) is 11.9. The van der Waals surface area contributed by atoms with Gasteiger partial charge in [-0.05, 0) is 42.5 Å². The van der Waals surface area contributed by atoms with Gasteiger partial charge in [-0.15, -0.1) is 0 Å². The minimum Gasteiger partial charge on any atom is -0.391 e. The van der Waals surface area contributed by atoms with Crippen LogP contribution in [-0.2, 0) is 13.5 Å². The molecule has 5 rings (SSSR count). The average molecular weight is 431 g/mol. The van der Waals surface area contributed by atoms with Gasteiger partial charge in [-0.2, -0.15) is 10.2 Å². The van der Waals surface area contributed by atoms with Crippen molar-refractivity contribution >= 4 is 11.6 Å². The maximum Gasteiger partial charge on any atom is 0.255 e. The zero-order valence-electron chi connectivity index (χ0n) is 18.0. The fourth-order valence-corrected chi connectivity index (χ4v) is 4.37. The summed E-state index contributed by atoms with van der Waals surface area (Å²) in [5.74, 6) is -0.221. The van der Waals surface area contributed by atoms with E-state index in [0.717, 1.165) is 48.1 Å². The molecule has 164 valence electrons. The predicted molar refractivity (Wildman–Crippen MR) is 120 cm³/mol. The molecule has 0 unspecified atom stereocenters. The lowest BCUT2D eigenvalue weighted by Gasteiger charge is -2.28. The Balaban J connectivity index is 1.38. The number of hydrogen-bond donors (Lipinski definition) is 2. The molecule has 0 bridgehead atoms. The topological polar surface area (TPSA) is 97.3 Å². The van der Waals surface area contributed by atoms with Gasteiger partial charge < -0.3 is 10.4 Å². The second-order valence-electron chi connectivity index (χ2n) is 8.47. The van der Waals surface area contributed by atoms with E-state index < -0.39 is 6.10 Å². The fraction of sp³-hybridized carbons (Fsp3) is 0.333. The zero-order chi connectivity index (χ0) is 22.1. The first-order chi connectivity index (χ1) is 15.6. The van der Waals surface area contributed by atoms with E-state index in [2.05, 4.69) is 44.8 Å². The summed E-state index contributed by atoms with van der Waals surface area (Å²) in [4.78, 5) is 17.3. The SMILES string of the molecule is Cn1ccc(-c2ccc(Cc3cc(C(=O)N[C@H]4CCCC[C@@H]4O)c4ncnn4c3)cc2)n1. The van der Waals surface area contributed by atoms with Gasteiger partial charge in [-0.3, -0.25) is 9.48 Å². The van der Waals surface area contributed by atoms with Gasteiger partial charge in [0.1, 0.15) is 6.33 Å². The summed E-state index contributed by atoms with van der Waals surface area (Å²) in [5.41, 5.74) is 5.07. The van der Waals surface area contributed by atoms with Crippen molar-refractivity contribution in [1.29, 1.82) is 0 Å². The molecule has 0 aliphatic heterocycles. The Labute approximate surface area is 185 Å². The van der Waals surface area contributed by atoms with E-state index in [1.807, 2.05) is 31.6 Å². The van der Waals surface area contributed by atoms with Crippen molar-refractivity contribution in [2.24, 2.45) is 7.05 Å². The summed E-state index contributed by atoms with van der Waals surface area (Å²) in [5, 5.41) is 21.9. The van der Waals surface area contributed by atoms with Crippen molar-refractivity contribution in [3.63, 3.8) is 0 Å². The largest absolute Gasteiger partial charge is 0.391 e. The highest BCUT2D eigenvalue weighted by Gasteiger charge is 2.26. The number of nitrogens with zero attached hydrogens (tertiary/aromatic N) is 5. The lowest BCUT2D eigenvalue weighted by atomic mass is 9.92. The number of fused-ring (bicyclic) bond motifs is 1. The smallest absolute Gasteiger partial charge is 0.255 e. The lowest BCUT2D eigenvalue weighted by Crippen LogP contribution is -2.45. The molecule has 8 heteroatoms. The van der Waals surface area contributed by atoms with Crippen LogP contribution < -0.4 is 5.32 Å². The van der Waals surface area contributed by atoms with Crippen LogP contribution in [0.5, 0.6) is 0 Å². The Morgan fingerprint density at radius 3 is 2.72 bits per heavy atom. The van der Waals surface area contributed by atoms with Gasteiger partial charge in [-0.25, -0.2) is 9.50 Å². The molecule has 2 atom stereocenters. The third kappa shape index (κ3) is 4.13. The molecule has 3 heterocycles. The number of amides is 1. The molecular weight excluding hydrogens is 404 g/mol. The van der Waals surface area contributed by atoms with Crippen LogP contribution in [0, 0.1) is 0 Å². The van der Waals surface area contributed by atoms with Crippen LogP contribution in [-0.4, -0.2) is 47.5 Å². The number of carbonyl (C=O) groups excluding carboxylic acids is 1. The third-order valence-corrected chi connectivity index (χ3v) is 6.09. The van der Waals surface area contributed by atoms with E-state index in [9.17, 15) is 9.90 Å². The van der Waals surface area contributed by atoms with Crippen molar-refractivity contribution in [2.45, 2.75) is 44.2 Å². The van der Waals surface area contributed by atoms with E-state index in [4.69, 9.17) is 0 Å². The maximum atomic E-state index is 13.1. The van der Waals surface area contributed by atoms with Gasteiger partial charge in [0.25, 0.3) is 5.91 Å². The molecule has 3 aromatic heterocycles. The minimum absolute atomic E-state index is 0.220. The predicted octanol–water partition coefficient (Wildman–Crippen LogP) is 2.75. The van der Waals surface area contributed by atoms with Gasteiger partial charge >= 0.3 is 0 Å². The Morgan fingerprint density at radius 2 is 1.97 bits per heavy atom. The number of carbonyl (C=O) groups is 1. The zero-order valence-corrected chi connectivity index (χ0v) is 18.0. The summed E-state index contributed by atoms with van der Waals surface area (Å²) in [6.45, 7) is 0. The number of rotatable bonds is 5. The van der Waals surface area contributed by atoms with E-state index in [1.54, 1.807) is 9.20 Å². The van der Waals surface area contributed by atoms with Crippen molar-refractivity contribution in [3.05, 3.63) is 71.8 Å². The second kappa shape index (κ2) is 8.55. The monoisotopic (exact) mass is 430 g/mol. The fourth-order valence-electron chi connectivity index (χ4n) is 4.37. The molecule has 1 aliphatic rings. The molecule has 4 aromatic rings. The highest BCUT2D eigenvalue weighted by Crippen LogP contribution is 2.22. The standard InChI is InChI=1S/C24H26N6O2/c1-29-11-10-20(28-29)18-8-6-16(7-9-18)12-17-13-19(23-25-15-26-30(23)14-17)24(32)27-21-4-2-3-5-22(21)31/h6-11,13-15,21-22,31H,2-5,12H2,1H3,(H,27,32)/t21-,22-/m0/s1. The Hall–Kier alpha value is -3.52. The van der Waals surface area contributed by atoms with Crippen molar-refractivity contribution < 1.29 is 9.90 Å². The highest BCUT2D eigenvalue weighted by molar-refractivity contribution is 6.00. The molecule has 32 heavy (non-hydrogen) atoms. The number of pyridine rings is 1. The van der Waals surface area contributed by atoms with Gasteiger partial charge in [-0.1, -0.05) is 37.1 Å². The van der Waals surface area contributed by atoms with Crippen LogP contribution in [0.15, 0.2) is 55.1 Å². The molecule has 0 radical (unpaired) electrons. The molecule has 0 saturated heterocycles. The highest BCUT2D eigenvalue weighted by atomic mass is 16.3. The minimum atomic E-state index is -0.498. The molecule has 8 nitrogen and oxygen atoms in total. The van der Waals surface area contributed by atoms with Crippen molar-refractivity contribution in [1.82, 2.24) is 29.7 Å². The van der Waals surface area contributed by atoms with Crippen molar-refractivity contribution in [2.75, 3.05) is 0 Å². The normalized spacial score (nSPS) is 18.7. The second-order valence-corrected chi connectivity index (χ2v) is 8.47. The van der Waals surface area contributed by atoms with Crippen LogP contribution in [0.25, 0.3) is 16.9 Å². The van der Waals surface area contributed by atoms with Crippen LogP contribution in [0.2, 0.25) is 0 Å². The number of aliphatic hydroxyl groups excluding tert-OH is 1. The van der Waals surface area contributed by atoms with Gasteiger partial charge in [0.2, 0.25) is 0 Å². The number of aliphatic hydroxyl groups is 1. The molecule has 1 saturated carbocycles. The van der Waals surface area contributed by atoms with Crippen LogP contribution in [0.1, 0.15) is 47.2 Å². The first-order valence-corrected chi connectivity index (χ1v) is 11.0. The number of hydrogen-bond acceptors (Lipinski definition) is 5. The number of nitrogens with one attached hydrogen (secondary N) is 1. The van der Waals surface area contributed by atoms with Crippen LogP contribution in [0.3, 0.4) is 0 Å². The number of aryl methyl sites for hydroxylation is 1. The molecule has 1 fully saturated rings. The number of aromatic nitrogens is 5. The van der Waals surface area contributed by atoms with Crippen molar-refractivity contribution in [3.8, 4) is 11.3 Å². The van der Waals surface area contributed by atoms with Gasteiger partial charge in [0.05, 0.1) is 23.4 Å². The molecule has 2 N–H and O–H groups in total. The van der Waals surface area contributed by atoms with Crippen LogP contribution >= 0.6 is 0 Å². The number of benzene rings is 1. The Kier molecular flexibility index (Phi) is 5.45. The molecule has 1 aromatic carbocycles. The van der Waals surface area contributed by atoms with E-state index in [-0.39, 0.29) is 11.9 Å². The maximum absolute atomic E-state index is 13.1. The first-order valence-electron chi connectivity index (χ1n) is 11.0. The van der Waals surface area contributed by atoms with E-state index in [1.165, 1.54) is 6.33 Å². The quantitative estimate of drug-likeness (QED) is 0.507. The molecular formula is C24H26N6O2. The molecule has 1 aliphatic carbocycles. The Morgan fingerprint density at radius 1 is 1.16 bits per heavy atom. The molecule has 0 spiro atoms. The summed E-state index contributed by atoms with van der Waals surface area (Å²) >= 11 is 0. The Bertz CT molecular complexity index is 1240. The summed E-state index contributed by atoms with van der Waals surface area (Å²) < 4.78 is 3.43. The summed E-state index contributed by atoms with van der Waals surface area (Å²) in [7, 11) is 1.90. The van der Waals surface area contributed by atoms with E-state index in [0.29, 0.717) is 17.6 Å². The van der Waals surface area contributed by atoms with Gasteiger partial charge in [0, 0.05) is 25.0 Å². The van der Waals surface area contributed by atoms with Gasteiger partial charge in [0.15, 0.2) is 5.65 Å². The average Bonchev–Trinajstić information content (AvgIpc) is 3.44.